The molecule has 0 fully saturated rings. The first-order valence-electron chi connectivity index (χ1n) is 3.65. The van der Waals surface area contributed by atoms with E-state index in [9.17, 15) is 4.79 Å². The van der Waals surface area contributed by atoms with Crippen LogP contribution in [0, 0.1) is 0 Å². The molecule has 0 aliphatic carbocycles. The second-order valence-electron chi connectivity index (χ2n) is 2.34. The van der Waals surface area contributed by atoms with Gasteiger partial charge in [0, 0.05) is 0 Å². The molecule has 0 amide bonds. The molecular weight excluding hydrogens is 263 g/mol. The maximum absolute atomic E-state index is 10.9. The summed E-state index contributed by atoms with van der Waals surface area (Å²) in [6.45, 7) is 0. The minimum atomic E-state index is 0.152. The van der Waals surface area contributed by atoms with Crippen molar-refractivity contribution in [3.8, 4) is 0 Å². The normalized spacial score (nSPS) is 10.4. The van der Waals surface area contributed by atoms with Crippen LogP contribution < -0.4 is 0 Å². The number of rotatable bonds is 3. The zero-order valence-electron chi connectivity index (χ0n) is 6.53. The van der Waals surface area contributed by atoms with E-state index in [0.29, 0.717) is 4.43 Å². The average molecular weight is 272 g/mol. The van der Waals surface area contributed by atoms with Crippen molar-refractivity contribution in [2.45, 2.75) is 0 Å². The molecule has 0 atom stereocenters. The van der Waals surface area contributed by atoms with Gasteiger partial charge >= 0.3 is 0 Å². The van der Waals surface area contributed by atoms with Crippen LogP contribution in [0.5, 0.6) is 0 Å². The molecule has 1 rings (SSSR count). The third kappa shape index (κ3) is 3.17. The molecule has 0 aliphatic rings. The van der Waals surface area contributed by atoms with Crippen molar-refractivity contribution in [1.29, 1.82) is 0 Å². The molecular formula is C10H9IO. The summed E-state index contributed by atoms with van der Waals surface area (Å²) in [5.74, 6) is 0.152. The minimum Gasteiger partial charge on any atom is -0.294 e. The summed E-state index contributed by atoms with van der Waals surface area (Å²) >= 11 is 2.06. The summed E-state index contributed by atoms with van der Waals surface area (Å²) < 4.78 is 0.543. The Morgan fingerprint density at radius 3 is 2.58 bits per heavy atom. The number of alkyl halides is 1. The molecule has 0 aromatic heterocycles. The number of ketones is 1. The fraction of sp³-hybridized carbons (Fsp3) is 0.100. The first-order valence-corrected chi connectivity index (χ1v) is 5.17. The molecule has 0 saturated heterocycles. The highest BCUT2D eigenvalue weighted by Gasteiger charge is 1.90. The van der Waals surface area contributed by atoms with Crippen LogP contribution in [0.1, 0.15) is 5.56 Å². The summed E-state index contributed by atoms with van der Waals surface area (Å²) in [4.78, 5) is 10.9. The number of hydrogen-bond acceptors (Lipinski definition) is 1. The predicted octanol–water partition coefficient (Wildman–Crippen LogP) is 2.70. The lowest BCUT2D eigenvalue weighted by Gasteiger charge is -1.89. The van der Waals surface area contributed by atoms with Crippen molar-refractivity contribution < 1.29 is 4.79 Å². The molecule has 0 heterocycles. The highest BCUT2D eigenvalue weighted by Crippen LogP contribution is 2.01. The molecule has 0 radical (unpaired) electrons. The Labute approximate surface area is 85.6 Å². The molecule has 0 N–H and O–H groups in total. The van der Waals surface area contributed by atoms with E-state index < -0.39 is 0 Å². The van der Waals surface area contributed by atoms with Gasteiger partial charge in [-0.2, -0.15) is 0 Å². The molecule has 1 aromatic carbocycles. The van der Waals surface area contributed by atoms with Gasteiger partial charge in [-0.25, -0.2) is 0 Å². The maximum Gasteiger partial charge on any atom is 0.165 e. The van der Waals surface area contributed by atoms with E-state index in [1.165, 1.54) is 0 Å². The van der Waals surface area contributed by atoms with Crippen LogP contribution in [0.4, 0.5) is 0 Å². The van der Waals surface area contributed by atoms with Gasteiger partial charge in [0.05, 0.1) is 4.43 Å². The molecule has 0 saturated carbocycles. The van der Waals surface area contributed by atoms with Gasteiger partial charge in [-0.1, -0.05) is 59.0 Å². The van der Waals surface area contributed by atoms with Crippen molar-refractivity contribution in [2.24, 2.45) is 0 Å². The summed E-state index contributed by atoms with van der Waals surface area (Å²) in [6, 6.07) is 9.80. The van der Waals surface area contributed by atoms with Gasteiger partial charge in [-0.05, 0) is 11.6 Å². The number of carbonyl (C=O) groups excluding carboxylic acids is 1. The lowest BCUT2D eigenvalue weighted by molar-refractivity contribution is -0.112. The zero-order chi connectivity index (χ0) is 8.81. The molecule has 12 heavy (non-hydrogen) atoms. The van der Waals surface area contributed by atoms with Crippen LogP contribution in [0.3, 0.4) is 0 Å². The van der Waals surface area contributed by atoms with Crippen molar-refractivity contribution in [2.75, 3.05) is 4.43 Å². The van der Waals surface area contributed by atoms with Gasteiger partial charge in [-0.15, -0.1) is 0 Å². The third-order valence-corrected chi connectivity index (χ3v) is 2.14. The number of hydrogen-bond donors (Lipinski definition) is 0. The number of halogens is 1. The Kier molecular flexibility index (Phi) is 4.00. The second kappa shape index (κ2) is 5.09. The van der Waals surface area contributed by atoms with Gasteiger partial charge in [0.1, 0.15) is 0 Å². The topological polar surface area (TPSA) is 17.1 Å². The standard InChI is InChI=1S/C10H9IO/c11-8-10(12)7-6-9-4-2-1-3-5-9/h1-7H,8H2/b7-6+. The molecule has 62 valence electrons. The van der Waals surface area contributed by atoms with Gasteiger partial charge in [0.15, 0.2) is 5.78 Å². The predicted molar refractivity (Wildman–Crippen MR) is 59.4 cm³/mol. The van der Waals surface area contributed by atoms with E-state index in [2.05, 4.69) is 22.6 Å². The largest absolute Gasteiger partial charge is 0.294 e. The van der Waals surface area contributed by atoms with E-state index in [1.807, 2.05) is 36.4 Å². The van der Waals surface area contributed by atoms with Crippen molar-refractivity contribution >= 4 is 34.5 Å². The molecule has 0 spiro atoms. The summed E-state index contributed by atoms with van der Waals surface area (Å²) in [7, 11) is 0. The Bertz CT molecular complexity index is 277. The lowest BCUT2D eigenvalue weighted by Crippen LogP contribution is -1.90. The van der Waals surface area contributed by atoms with Gasteiger partial charge in [0.2, 0.25) is 0 Å². The molecule has 1 aromatic rings. The van der Waals surface area contributed by atoms with Crippen LogP contribution in [0.2, 0.25) is 0 Å². The smallest absolute Gasteiger partial charge is 0.165 e. The number of benzene rings is 1. The van der Waals surface area contributed by atoms with E-state index in [0.717, 1.165) is 5.56 Å². The lowest BCUT2D eigenvalue weighted by atomic mass is 10.2. The summed E-state index contributed by atoms with van der Waals surface area (Å²) in [6.07, 6.45) is 3.45. The van der Waals surface area contributed by atoms with Crippen molar-refractivity contribution in [3.63, 3.8) is 0 Å². The Morgan fingerprint density at radius 1 is 1.33 bits per heavy atom. The Balaban J connectivity index is 2.64. The fourth-order valence-electron chi connectivity index (χ4n) is 0.798. The third-order valence-electron chi connectivity index (χ3n) is 1.39. The van der Waals surface area contributed by atoms with E-state index in [4.69, 9.17) is 0 Å². The number of carbonyl (C=O) groups is 1. The molecule has 1 nitrogen and oxygen atoms in total. The monoisotopic (exact) mass is 272 g/mol. The Hall–Kier alpha value is -0.640. The molecule has 0 aliphatic heterocycles. The molecule has 0 bridgehead atoms. The Morgan fingerprint density at radius 2 is 2.00 bits per heavy atom. The second-order valence-corrected chi connectivity index (χ2v) is 3.11. The van der Waals surface area contributed by atoms with E-state index in [-0.39, 0.29) is 5.78 Å². The first kappa shape index (κ1) is 9.45. The van der Waals surface area contributed by atoms with Crippen LogP contribution in [0.25, 0.3) is 6.08 Å². The van der Waals surface area contributed by atoms with Crippen molar-refractivity contribution in [1.82, 2.24) is 0 Å². The maximum atomic E-state index is 10.9. The highest BCUT2D eigenvalue weighted by atomic mass is 127. The highest BCUT2D eigenvalue weighted by molar-refractivity contribution is 14.1. The fourth-order valence-corrected chi connectivity index (χ4v) is 1.05. The first-order chi connectivity index (χ1) is 5.83. The van der Waals surface area contributed by atoms with E-state index >= 15 is 0 Å². The summed E-state index contributed by atoms with van der Waals surface area (Å²) in [5.41, 5.74) is 1.07. The van der Waals surface area contributed by atoms with Gasteiger partial charge in [0.25, 0.3) is 0 Å². The summed E-state index contributed by atoms with van der Waals surface area (Å²) in [5, 5.41) is 0. The number of allylic oxidation sites excluding steroid dienone is 1. The van der Waals surface area contributed by atoms with Crippen LogP contribution in [-0.4, -0.2) is 10.2 Å². The molecule has 2 heteroatoms. The van der Waals surface area contributed by atoms with E-state index in [1.54, 1.807) is 6.08 Å². The molecule has 0 unspecified atom stereocenters. The van der Waals surface area contributed by atoms with Crippen LogP contribution in [0.15, 0.2) is 36.4 Å². The van der Waals surface area contributed by atoms with Crippen LogP contribution >= 0.6 is 22.6 Å². The van der Waals surface area contributed by atoms with Crippen LogP contribution in [-0.2, 0) is 4.79 Å². The zero-order valence-corrected chi connectivity index (χ0v) is 8.69. The minimum absolute atomic E-state index is 0.152. The average Bonchev–Trinajstić information content (AvgIpc) is 2.16. The van der Waals surface area contributed by atoms with Crippen molar-refractivity contribution in [3.05, 3.63) is 42.0 Å². The van der Waals surface area contributed by atoms with Gasteiger partial charge < -0.3 is 0 Å². The quantitative estimate of drug-likeness (QED) is 0.469. The SMILES string of the molecule is O=C(/C=C/c1ccccc1)CI. The van der Waals surface area contributed by atoms with Gasteiger partial charge in [-0.3, -0.25) is 4.79 Å².